The first-order valence-electron chi connectivity index (χ1n) is 13.0. The first-order valence-corrected chi connectivity index (χ1v) is 13.0. The summed E-state index contributed by atoms with van der Waals surface area (Å²) in [5.74, 6) is -7.96. The van der Waals surface area contributed by atoms with Crippen LogP contribution in [0.4, 0.5) is 5.69 Å². The number of benzene rings is 2. The fourth-order valence-electron chi connectivity index (χ4n) is 6.62. The van der Waals surface area contributed by atoms with Crippen molar-refractivity contribution in [2.75, 3.05) is 33.1 Å². The molecule has 2 aromatic carbocycles. The molecule has 41 heavy (non-hydrogen) atoms. The van der Waals surface area contributed by atoms with Crippen LogP contribution in [0.25, 0.3) is 0 Å². The highest BCUT2D eigenvalue weighted by atomic mass is 16.3. The van der Waals surface area contributed by atoms with Gasteiger partial charge in [0.05, 0.1) is 17.2 Å². The average molecular weight is 562 g/mol. The minimum Gasteiger partial charge on any atom is -0.510 e. The molecule has 0 heterocycles. The summed E-state index contributed by atoms with van der Waals surface area (Å²) in [6, 6.07) is 8.67. The molecule has 5 rings (SSSR count). The first-order chi connectivity index (χ1) is 19.2. The second-order valence-corrected chi connectivity index (χ2v) is 11.2. The van der Waals surface area contributed by atoms with Crippen molar-refractivity contribution in [3.63, 3.8) is 0 Å². The number of rotatable bonds is 5. The number of anilines is 1. The van der Waals surface area contributed by atoms with Crippen LogP contribution in [0.3, 0.4) is 0 Å². The van der Waals surface area contributed by atoms with E-state index in [-0.39, 0.29) is 29.5 Å². The van der Waals surface area contributed by atoms with Crippen molar-refractivity contribution < 1.29 is 39.6 Å². The number of phenols is 1. The summed E-state index contributed by atoms with van der Waals surface area (Å²) in [5, 5.41) is 45.5. The maximum atomic E-state index is 14.1. The highest BCUT2D eigenvalue weighted by Gasteiger charge is 2.63. The normalized spacial score (nSPS) is 25.6. The Bertz CT molecular complexity index is 1590. The number of carbonyl (C=O) groups excluding carboxylic acids is 4. The van der Waals surface area contributed by atoms with Crippen LogP contribution < -0.4 is 10.6 Å². The molecule has 11 nitrogen and oxygen atoms in total. The van der Waals surface area contributed by atoms with E-state index < -0.39 is 69.6 Å². The minimum atomic E-state index is -2.73. The zero-order chi connectivity index (χ0) is 30.1. The third kappa shape index (κ3) is 3.87. The van der Waals surface area contributed by atoms with Crippen molar-refractivity contribution in [2.24, 2.45) is 17.6 Å². The predicted octanol–water partition coefficient (Wildman–Crippen LogP) is 1.42. The Morgan fingerprint density at radius 3 is 2.22 bits per heavy atom. The van der Waals surface area contributed by atoms with Crippen LogP contribution in [0.1, 0.15) is 38.3 Å². The quantitative estimate of drug-likeness (QED) is 0.264. The van der Waals surface area contributed by atoms with Crippen molar-refractivity contribution in [3.8, 4) is 5.75 Å². The number of nitrogens with zero attached hydrogens (tertiary/aromatic N) is 2. The lowest BCUT2D eigenvalue weighted by atomic mass is 9.58. The van der Waals surface area contributed by atoms with Crippen LogP contribution in [0.15, 0.2) is 59.1 Å². The van der Waals surface area contributed by atoms with Gasteiger partial charge in [0.15, 0.2) is 17.2 Å². The fraction of sp³-hybridized carbons (Fsp3) is 0.333. The van der Waals surface area contributed by atoms with E-state index in [1.807, 2.05) is 0 Å². The van der Waals surface area contributed by atoms with Crippen molar-refractivity contribution in [3.05, 3.63) is 81.3 Å². The number of ketones is 3. The smallest absolute Gasteiger partial charge is 0.255 e. The molecule has 3 aliphatic rings. The number of nitrogens with two attached hydrogens (primary N) is 1. The van der Waals surface area contributed by atoms with Crippen molar-refractivity contribution in [2.45, 2.75) is 24.5 Å². The number of aliphatic hydroxyl groups excluding tert-OH is 2. The van der Waals surface area contributed by atoms with Crippen LogP contribution in [-0.2, 0) is 16.0 Å². The second-order valence-electron chi connectivity index (χ2n) is 11.2. The fourth-order valence-corrected chi connectivity index (χ4v) is 6.62. The number of hydrogen-bond donors (Lipinski definition) is 5. The summed E-state index contributed by atoms with van der Waals surface area (Å²) in [4.78, 5) is 56.3. The summed E-state index contributed by atoms with van der Waals surface area (Å²) < 4.78 is 0. The van der Waals surface area contributed by atoms with Gasteiger partial charge in [0.1, 0.15) is 22.8 Å². The molecule has 11 heteroatoms. The van der Waals surface area contributed by atoms with Crippen LogP contribution in [0.5, 0.6) is 5.75 Å². The number of Topliss-reactive ketones (excluding diaryl/α,β-unsaturated/α-hetero) is 2. The summed E-state index contributed by atoms with van der Waals surface area (Å²) in [7, 11) is 6.60. The van der Waals surface area contributed by atoms with E-state index in [1.165, 1.54) is 11.0 Å². The van der Waals surface area contributed by atoms with Gasteiger partial charge in [0, 0.05) is 36.8 Å². The van der Waals surface area contributed by atoms with Gasteiger partial charge in [-0.3, -0.25) is 24.1 Å². The van der Waals surface area contributed by atoms with Crippen LogP contribution >= 0.6 is 0 Å². The zero-order valence-corrected chi connectivity index (χ0v) is 23.0. The third-order valence-electron chi connectivity index (χ3n) is 8.46. The SMILES string of the molecule is CN(C)c1cc(C(=O)c2ccccc2)c(O)c2c1C[C@H]1C[C@H]3[C@H](N(C)C)C(O)=C(C(N)=O)C(=O)[C@@]3(O)C(O)=C1C2=O. The third-order valence-corrected chi connectivity index (χ3v) is 8.46. The number of amides is 1. The molecular formula is C30H31N3O8. The maximum absolute atomic E-state index is 14.1. The molecule has 0 unspecified atom stereocenters. The summed E-state index contributed by atoms with van der Waals surface area (Å²) in [5.41, 5.74) is 2.39. The average Bonchev–Trinajstić information content (AvgIpc) is 2.90. The van der Waals surface area contributed by atoms with E-state index in [0.717, 1.165) is 0 Å². The molecule has 0 aliphatic heterocycles. The Kier molecular flexibility index (Phi) is 6.55. The first kappa shape index (κ1) is 28.1. The predicted molar refractivity (Wildman–Crippen MR) is 148 cm³/mol. The highest BCUT2D eigenvalue weighted by Crippen LogP contribution is 2.53. The molecule has 4 atom stereocenters. The number of likely N-dealkylation sites (N-methyl/N-ethyl adjacent to an activating group) is 1. The summed E-state index contributed by atoms with van der Waals surface area (Å²) in [6.07, 6.45) is 0.0967. The Labute approximate surface area is 235 Å². The summed E-state index contributed by atoms with van der Waals surface area (Å²) >= 11 is 0. The molecule has 0 saturated heterocycles. The molecule has 0 aromatic heterocycles. The van der Waals surface area contributed by atoms with Gasteiger partial charge in [-0.15, -0.1) is 0 Å². The maximum Gasteiger partial charge on any atom is 0.255 e. The number of aliphatic hydroxyl groups is 3. The van der Waals surface area contributed by atoms with Gasteiger partial charge in [0.2, 0.25) is 5.78 Å². The lowest BCUT2D eigenvalue weighted by Crippen LogP contribution is -2.63. The summed E-state index contributed by atoms with van der Waals surface area (Å²) in [6.45, 7) is 0. The van der Waals surface area contributed by atoms with Gasteiger partial charge in [0.25, 0.3) is 5.91 Å². The molecule has 214 valence electrons. The molecule has 0 bridgehead atoms. The van der Waals surface area contributed by atoms with E-state index in [1.54, 1.807) is 63.4 Å². The van der Waals surface area contributed by atoms with Crippen LogP contribution in [0.2, 0.25) is 0 Å². The van der Waals surface area contributed by atoms with E-state index >= 15 is 0 Å². The van der Waals surface area contributed by atoms with E-state index in [4.69, 9.17) is 5.73 Å². The van der Waals surface area contributed by atoms with Gasteiger partial charge in [-0.05, 0) is 44.5 Å². The number of fused-ring (bicyclic) bond motifs is 3. The molecule has 0 spiro atoms. The van der Waals surface area contributed by atoms with Crippen molar-refractivity contribution in [1.82, 2.24) is 4.90 Å². The van der Waals surface area contributed by atoms with Gasteiger partial charge < -0.3 is 31.1 Å². The number of phenolic OH excluding ortho intramolecular Hbond substituents is 1. The van der Waals surface area contributed by atoms with Gasteiger partial charge in [-0.1, -0.05) is 30.3 Å². The van der Waals surface area contributed by atoms with Gasteiger partial charge in [-0.25, -0.2) is 0 Å². The van der Waals surface area contributed by atoms with Gasteiger partial charge in [-0.2, -0.15) is 0 Å². The number of aromatic hydroxyl groups is 1. The number of hydrogen-bond acceptors (Lipinski definition) is 10. The van der Waals surface area contributed by atoms with Gasteiger partial charge >= 0.3 is 0 Å². The molecule has 0 saturated carbocycles. The van der Waals surface area contributed by atoms with Crippen molar-refractivity contribution >= 4 is 28.9 Å². The molecule has 2 aromatic rings. The molecule has 6 N–H and O–H groups in total. The van der Waals surface area contributed by atoms with E-state index in [2.05, 4.69) is 0 Å². The number of allylic oxidation sites excluding steroid dienone is 1. The number of carbonyl (C=O) groups is 4. The molecule has 1 amide bonds. The van der Waals surface area contributed by atoms with E-state index in [0.29, 0.717) is 16.8 Å². The lowest BCUT2D eigenvalue weighted by molar-refractivity contribution is -0.148. The Morgan fingerprint density at radius 1 is 1.02 bits per heavy atom. The minimum absolute atomic E-state index is 0.0237. The molecule has 3 aliphatic carbocycles. The Hall–Kier alpha value is -4.48. The van der Waals surface area contributed by atoms with Crippen LogP contribution in [-0.4, -0.2) is 88.4 Å². The topological polar surface area (TPSA) is 182 Å². The number of primary amides is 1. The Morgan fingerprint density at radius 2 is 1.66 bits per heavy atom. The monoisotopic (exact) mass is 561 g/mol. The van der Waals surface area contributed by atoms with Crippen molar-refractivity contribution in [1.29, 1.82) is 0 Å². The molecule has 0 fully saturated rings. The largest absolute Gasteiger partial charge is 0.510 e. The Balaban J connectivity index is 1.74. The second kappa shape index (κ2) is 9.57. The lowest BCUT2D eigenvalue weighted by Gasteiger charge is -2.50. The highest BCUT2D eigenvalue weighted by molar-refractivity contribution is 6.25. The zero-order valence-electron chi connectivity index (χ0n) is 23.0. The van der Waals surface area contributed by atoms with Crippen LogP contribution in [0, 0.1) is 11.8 Å². The standard InChI is InChI=1S/C30H31N3O8/c1-32(2)18-12-16(23(34)13-8-6-5-7-9-13)24(35)20-15(18)10-14-11-17-22(33(3)4)26(37)21(29(31)40)28(39)30(17,41)27(38)19(14)25(20)36/h5-9,12,14,17,22,35,37-38,41H,10-11H2,1-4H3,(H2,31,40)/t14-,17-,22-,30-/m0/s1. The van der Waals surface area contributed by atoms with E-state index in [9.17, 15) is 39.6 Å². The molecule has 0 radical (unpaired) electrons. The molecular weight excluding hydrogens is 530 g/mol.